The molecule has 0 saturated heterocycles. The Kier molecular flexibility index (Phi) is 4.10. The molecule has 2 aliphatic heterocycles. The molecule has 0 aliphatic carbocycles. The number of nitrogens with zero attached hydrogens (tertiary/aromatic N) is 1. The number of sulfone groups is 2. The van der Waals surface area contributed by atoms with Gasteiger partial charge in [0, 0.05) is 12.2 Å². The molecule has 0 saturated carbocycles. The van der Waals surface area contributed by atoms with Crippen LogP contribution < -0.4 is 4.90 Å². The number of para-hydroxylation sites is 1. The van der Waals surface area contributed by atoms with Gasteiger partial charge < -0.3 is 4.90 Å². The van der Waals surface area contributed by atoms with E-state index in [2.05, 4.69) is 0 Å². The molecule has 1 unspecified atom stereocenters. The van der Waals surface area contributed by atoms with Gasteiger partial charge in [0.25, 0.3) is 0 Å². The highest BCUT2D eigenvalue weighted by atomic mass is 32.3. The van der Waals surface area contributed by atoms with Crippen molar-refractivity contribution in [2.24, 2.45) is 0 Å². The van der Waals surface area contributed by atoms with Gasteiger partial charge in [-0.15, -0.1) is 0 Å². The van der Waals surface area contributed by atoms with E-state index >= 15 is 4.39 Å². The smallest absolute Gasteiger partial charge is 0.341 e. The molecule has 0 fully saturated rings. The van der Waals surface area contributed by atoms with Crippen molar-refractivity contribution in [1.29, 1.82) is 0 Å². The molecule has 0 amide bonds. The molecule has 154 valence electrons. The van der Waals surface area contributed by atoms with Crippen molar-refractivity contribution < 1.29 is 21.2 Å². The molecular weight excluding hydrogens is 425 g/mol. The van der Waals surface area contributed by atoms with Gasteiger partial charge in [-0.3, -0.25) is 0 Å². The maximum absolute atomic E-state index is 16.9. The van der Waals surface area contributed by atoms with Crippen LogP contribution in [0.25, 0.3) is 0 Å². The Morgan fingerprint density at radius 2 is 1.30 bits per heavy atom. The molecule has 0 radical (unpaired) electrons. The summed E-state index contributed by atoms with van der Waals surface area (Å²) in [5.41, 5.74) is 1.68. The van der Waals surface area contributed by atoms with Crippen molar-refractivity contribution in [3.8, 4) is 0 Å². The van der Waals surface area contributed by atoms with E-state index in [1.54, 1.807) is 59.5 Å². The molecular formula is C22H18FNO4S2. The lowest BCUT2D eigenvalue weighted by atomic mass is 9.92. The molecule has 0 spiro atoms. The Balaban J connectivity index is 1.84. The van der Waals surface area contributed by atoms with Crippen LogP contribution in [0.3, 0.4) is 0 Å². The van der Waals surface area contributed by atoms with Crippen LogP contribution in [0.1, 0.15) is 17.2 Å². The third kappa shape index (κ3) is 2.31. The van der Waals surface area contributed by atoms with E-state index in [0.29, 0.717) is 24.2 Å². The summed E-state index contributed by atoms with van der Waals surface area (Å²) in [6, 6.07) is 19.2. The molecule has 3 aromatic rings. The lowest BCUT2D eigenvalue weighted by Crippen LogP contribution is -2.53. The van der Waals surface area contributed by atoms with Crippen LogP contribution in [-0.4, -0.2) is 27.7 Å². The summed E-state index contributed by atoms with van der Waals surface area (Å²) in [5, 5.41) is 0. The van der Waals surface area contributed by atoms with Crippen LogP contribution >= 0.6 is 0 Å². The Bertz CT molecular complexity index is 1300. The van der Waals surface area contributed by atoms with Gasteiger partial charge in [0.05, 0.1) is 9.79 Å². The highest BCUT2D eigenvalue weighted by Gasteiger charge is 2.70. The topological polar surface area (TPSA) is 71.5 Å². The number of benzene rings is 3. The van der Waals surface area contributed by atoms with Crippen LogP contribution in [-0.2, 0) is 26.1 Å². The van der Waals surface area contributed by atoms with Crippen molar-refractivity contribution in [2.45, 2.75) is 26.6 Å². The summed E-state index contributed by atoms with van der Waals surface area (Å²) in [6.07, 6.45) is 0.546. The predicted molar refractivity (Wildman–Crippen MR) is 111 cm³/mol. The third-order valence-corrected chi connectivity index (χ3v) is 11.1. The van der Waals surface area contributed by atoms with Crippen LogP contribution in [0.4, 0.5) is 10.1 Å². The zero-order valence-corrected chi connectivity index (χ0v) is 17.4. The van der Waals surface area contributed by atoms with Crippen molar-refractivity contribution in [3.63, 3.8) is 0 Å². The number of anilines is 1. The maximum Gasteiger partial charge on any atom is 0.341 e. The van der Waals surface area contributed by atoms with Gasteiger partial charge in [0.1, 0.15) is 6.04 Å². The lowest BCUT2D eigenvalue weighted by molar-refractivity contribution is 0.297. The van der Waals surface area contributed by atoms with Gasteiger partial charge in [-0.05, 0) is 41.8 Å². The highest BCUT2D eigenvalue weighted by Crippen LogP contribution is 2.56. The first-order valence-corrected chi connectivity index (χ1v) is 12.4. The van der Waals surface area contributed by atoms with Gasteiger partial charge in [-0.25, -0.2) is 21.2 Å². The molecule has 5 rings (SSSR count). The van der Waals surface area contributed by atoms with E-state index in [4.69, 9.17) is 0 Å². The quantitative estimate of drug-likeness (QED) is 0.604. The number of fused-ring (bicyclic) bond motifs is 2. The molecule has 0 N–H and O–H groups in total. The average molecular weight is 444 g/mol. The standard InChI is InChI=1S/C22H18FNO4S2/c23-22(29(25,26)19-12-6-7-13-20(19)30(22,27)28)21-18-11-5-4-8-16(18)14-15-24(21)17-9-2-1-3-10-17/h1-13,21H,14-15H2. The number of hydrogen-bond acceptors (Lipinski definition) is 5. The molecule has 0 bridgehead atoms. The van der Waals surface area contributed by atoms with Crippen LogP contribution in [0.5, 0.6) is 0 Å². The first-order valence-electron chi connectivity index (χ1n) is 9.47. The largest absolute Gasteiger partial charge is 0.359 e. The van der Waals surface area contributed by atoms with Gasteiger partial charge in [-0.1, -0.05) is 54.6 Å². The van der Waals surface area contributed by atoms with Gasteiger partial charge in [0.2, 0.25) is 19.7 Å². The number of alkyl halides is 1. The van der Waals surface area contributed by atoms with E-state index in [1.165, 1.54) is 12.1 Å². The van der Waals surface area contributed by atoms with E-state index in [0.717, 1.165) is 17.7 Å². The van der Waals surface area contributed by atoms with Crippen LogP contribution in [0.15, 0.2) is 88.7 Å². The van der Waals surface area contributed by atoms with Crippen molar-refractivity contribution in [1.82, 2.24) is 0 Å². The van der Waals surface area contributed by atoms with Crippen molar-refractivity contribution in [2.75, 3.05) is 11.4 Å². The number of rotatable bonds is 2. The van der Waals surface area contributed by atoms with E-state index in [9.17, 15) is 16.8 Å². The second-order valence-electron chi connectivity index (χ2n) is 7.42. The van der Waals surface area contributed by atoms with E-state index in [1.807, 2.05) is 0 Å². The number of hydrogen-bond donors (Lipinski definition) is 0. The monoisotopic (exact) mass is 443 g/mol. The van der Waals surface area contributed by atoms with Gasteiger partial charge in [-0.2, -0.15) is 0 Å². The number of halogens is 1. The molecule has 0 aromatic heterocycles. The zero-order valence-electron chi connectivity index (χ0n) is 15.8. The average Bonchev–Trinajstić information content (AvgIpc) is 2.89. The normalized spacial score (nSPS) is 22.8. The summed E-state index contributed by atoms with van der Waals surface area (Å²) in [5.74, 6) is 0. The zero-order chi connectivity index (χ0) is 21.1. The third-order valence-electron chi connectivity index (χ3n) is 5.86. The molecule has 2 aliphatic rings. The molecule has 2 heterocycles. The molecule has 1 atom stereocenters. The Morgan fingerprint density at radius 1 is 0.767 bits per heavy atom. The van der Waals surface area contributed by atoms with Crippen LogP contribution in [0, 0.1) is 0 Å². The molecule has 30 heavy (non-hydrogen) atoms. The summed E-state index contributed by atoms with van der Waals surface area (Å²) >= 11 is 0. The Morgan fingerprint density at radius 3 is 1.93 bits per heavy atom. The van der Waals surface area contributed by atoms with E-state index in [-0.39, 0.29) is 0 Å². The predicted octanol–water partition coefficient (Wildman–Crippen LogP) is 3.67. The summed E-state index contributed by atoms with van der Waals surface area (Å²) in [4.78, 5) is 0.593. The fourth-order valence-electron chi connectivity index (χ4n) is 4.47. The highest BCUT2D eigenvalue weighted by molar-refractivity contribution is 8.12. The second-order valence-corrected chi connectivity index (χ2v) is 11.8. The molecule has 5 nitrogen and oxygen atoms in total. The lowest BCUT2D eigenvalue weighted by Gasteiger charge is -2.43. The van der Waals surface area contributed by atoms with Gasteiger partial charge in [0.15, 0.2) is 0 Å². The fraction of sp³-hybridized carbons (Fsp3) is 0.182. The van der Waals surface area contributed by atoms with Crippen LogP contribution in [0.2, 0.25) is 0 Å². The fourth-order valence-corrected chi connectivity index (χ4v) is 9.70. The second kappa shape index (κ2) is 6.39. The maximum atomic E-state index is 16.9. The SMILES string of the molecule is O=S1(=O)c2ccccc2S(=O)(=O)C1(F)C1c2ccccc2CCN1c1ccccc1. The first kappa shape index (κ1) is 19.3. The van der Waals surface area contributed by atoms with Crippen molar-refractivity contribution in [3.05, 3.63) is 90.0 Å². The van der Waals surface area contributed by atoms with Crippen molar-refractivity contribution >= 4 is 25.4 Å². The summed E-state index contributed by atoms with van der Waals surface area (Å²) < 4.78 is 67.1. The summed E-state index contributed by atoms with van der Waals surface area (Å²) in [6.45, 7) is 0.290. The minimum absolute atomic E-state index is 0.290. The minimum atomic E-state index is -4.83. The Labute approximate surface area is 174 Å². The molecule has 3 aromatic carbocycles. The molecule has 8 heteroatoms. The summed E-state index contributed by atoms with van der Waals surface area (Å²) in [7, 11) is -9.67. The van der Waals surface area contributed by atoms with Gasteiger partial charge >= 0.3 is 4.33 Å². The Hall–Kier alpha value is -2.71. The minimum Gasteiger partial charge on any atom is -0.359 e. The van der Waals surface area contributed by atoms with E-state index < -0.39 is 39.8 Å². The first-order chi connectivity index (χ1) is 14.3.